The molecular weight excluding hydrogens is 396 g/mol. The molecule has 26 heavy (non-hydrogen) atoms. The van der Waals surface area contributed by atoms with Gasteiger partial charge in [-0.2, -0.15) is 0 Å². The molecule has 0 fully saturated rings. The zero-order valence-electron chi connectivity index (χ0n) is 15.1. The Bertz CT molecular complexity index is 773. The monoisotopic (exact) mass is 418 g/mol. The standard InChI is InChI=1S/C20H23BrN2O3/c1-13(2)10-11-26-18-9-8-16(12-17(18)21)20(25)23-22-19(24)15-6-4-14(3)5-7-15/h4-9,12-13H,10-11H2,1-3H3,(H,22,24)(H,23,25). The third kappa shape index (κ3) is 5.88. The summed E-state index contributed by atoms with van der Waals surface area (Å²) >= 11 is 3.41. The maximum atomic E-state index is 12.2. The van der Waals surface area contributed by atoms with Crippen molar-refractivity contribution in [2.45, 2.75) is 27.2 Å². The van der Waals surface area contributed by atoms with Crippen molar-refractivity contribution >= 4 is 27.7 Å². The number of nitrogens with one attached hydrogen (secondary N) is 2. The lowest BCUT2D eigenvalue weighted by Crippen LogP contribution is -2.41. The summed E-state index contributed by atoms with van der Waals surface area (Å²) in [4.78, 5) is 24.2. The number of ether oxygens (including phenoxy) is 1. The highest BCUT2D eigenvalue weighted by Gasteiger charge is 2.11. The first-order chi connectivity index (χ1) is 12.4. The highest BCUT2D eigenvalue weighted by atomic mass is 79.9. The summed E-state index contributed by atoms with van der Waals surface area (Å²) in [6, 6.07) is 12.1. The van der Waals surface area contributed by atoms with Crippen LogP contribution in [0.2, 0.25) is 0 Å². The Morgan fingerprint density at radius 1 is 1.00 bits per heavy atom. The van der Waals surface area contributed by atoms with Gasteiger partial charge < -0.3 is 4.74 Å². The van der Waals surface area contributed by atoms with Crippen molar-refractivity contribution in [3.05, 3.63) is 63.6 Å². The van der Waals surface area contributed by atoms with Crippen molar-refractivity contribution in [2.75, 3.05) is 6.61 Å². The maximum absolute atomic E-state index is 12.2. The van der Waals surface area contributed by atoms with Crippen LogP contribution < -0.4 is 15.6 Å². The summed E-state index contributed by atoms with van der Waals surface area (Å²) in [5, 5.41) is 0. The summed E-state index contributed by atoms with van der Waals surface area (Å²) in [6.45, 7) is 6.83. The fourth-order valence-corrected chi connectivity index (χ4v) is 2.62. The Labute approximate surface area is 162 Å². The van der Waals surface area contributed by atoms with Crippen molar-refractivity contribution in [1.82, 2.24) is 10.9 Å². The van der Waals surface area contributed by atoms with E-state index in [9.17, 15) is 9.59 Å². The minimum atomic E-state index is -0.403. The van der Waals surface area contributed by atoms with Gasteiger partial charge in [-0.1, -0.05) is 31.5 Å². The molecule has 0 bridgehead atoms. The van der Waals surface area contributed by atoms with Gasteiger partial charge in [-0.05, 0) is 65.5 Å². The molecule has 0 unspecified atom stereocenters. The van der Waals surface area contributed by atoms with E-state index in [1.54, 1.807) is 30.3 Å². The van der Waals surface area contributed by atoms with Gasteiger partial charge in [-0.3, -0.25) is 20.4 Å². The molecule has 2 amide bonds. The van der Waals surface area contributed by atoms with Crippen molar-refractivity contribution in [3.8, 4) is 5.75 Å². The normalized spacial score (nSPS) is 10.5. The Morgan fingerprint density at radius 3 is 2.15 bits per heavy atom. The molecule has 138 valence electrons. The first-order valence-corrected chi connectivity index (χ1v) is 9.26. The molecule has 0 atom stereocenters. The van der Waals surface area contributed by atoms with Crippen LogP contribution >= 0.6 is 15.9 Å². The lowest BCUT2D eigenvalue weighted by atomic mass is 10.1. The van der Waals surface area contributed by atoms with Crippen LogP contribution in [0.3, 0.4) is 0 Å². The molecule has 0 saturated carbocycles. The van der Waals surface area contributed by atoms with E-state index in [1.165, 1.54) is 0 Å². The highest BCUT2D eigenvalue weighted by Crippen LogP contribution is 2.26. The fraction of sp³-hybridized carbons (Fsp3) is 0.300. The van der Waals surface area contributed by atoms with Crippen LogP contribution in [0.5, 0.6) is 5.75 Å². The summed E-state index contributed by atoms with van der Waals surface area (Å²) < 4.78 is 6.39. The average Bonchev–Trinajstić information content (AvgIpc) is 2.61. The molecule has 6 heteroatoms. The molecule has 2 aromatic rings. The number of hydrazine groups is 1. The summed E-state index contributed by atoms with van der Waals surface area (Å²) in [5.74, 6) is 0.479. The molecular formula is C20H23BrN2O3. The molecule has 5 nitrogen and oxygen atoms in total. The third-order valence-corrected chi connectivity index (χ3v) is 4.37. The Balaban J connectivity index is 1.91. The topological polar surface area (TPSA) is 67.4 Å². The molecule has 2 rings (SSSR count). The van der Waals surface area contributed by atoms with Crippen molar-refractivity contribution in [2.24, 2.45) is 5.92 Å². The minimum absolute atomic E-state index is 0.369. The third-order valence-electron chi connectivity index (χ3n) is 3.75. The second kappa shape index (κ2) is 9.38. The van der Waals surface area contributed by atoms with Crippen molar-refractivity contribution in [3.63, 3.8) is 0 Å². The molecule has 0 spiro atoms. The van der Waals surface area contributed by atoms with Crippen LogP contribution in [0.15, 0.2) is 46.9 Å². The maximum Gasteiger partial charge on any atom is 0.269 e. The van der Waals surface area contributed by atoms with E-state index < -0.39 is 5.91 Å². The molecule has 0 radical (unpaired) electrons. The van der Waals surface area contributed by atoms with E-state index in [2.05, 4.69) is 40.6 Å². The van der Waals surface area contributed by atoms with Gasteiger partial charge in [0.1, 0.15) is 5.75 Å². The Hall–Kier alpha value is -2.34. The van der Waals surface area contributed by atoms with Crippen LogP contribution in [0.1, 0.15) is 46.5 Å². The van der Waals surface area contributed by atoms with Crippen LogP contribution in [-0.4, -0.2) is 18.4 Å². The first kappa shape index (κ1) is 20.0. The summed E-state index contributed by atoms with van der Waals surface area (Å²) in [5.41, 5.74) is 6.78. The molecule has 0 heterocycles. The number of carbonyl (C=O) groups excluding carboxylic acids is 2. The smallest absolute Gasteiger partial charge is 0.269 e. The van der Waals surface area contributed by atoms with E-state index in [4.69, 9.17) is 4.74 Å². The van der Waals surface area contributed by atoms with Gasteiger partial charge in [0.2, 0.25) is 0 Å². The number of halogens is 1. The van der Waals surface area contributed by atoms with E-state index in [0.717, 1.165) is 12.0 Å². The minimum Gasteiger partial charge on any atom is -0.492 e. The summed E-state index contributed by atoms with van der Waals surface area (Å²) in [6.07, 6.45) is 0.958. The van der Waals surface area contributed by atoms with Gasteiger partial charge in [0.15, 0.2) is 0 Å². The second-order valence-corrected chi connectivity index (χ2v) is 7.30. The second-order valence-electron chi connectivity index (χ2n) is 6.45. The van der Waals surface area contributed by atoms with Crippen LogP contribution in [-0.2, 0) is 0 Å². The van der Waals surface area contributed by atoms with Crippen LogP contribution in [0.25, 0.3) is 0 Å². The predicted octanol–water partition coefficient (Wildman–Crippen LogP) is 4.26. The van der Waals surface area contributed by atoms with E-state index in [0.29, 0.717) is 33.9 Å². The van der Waals surface area contributed by atoms with Gasteiger partial charge in [-0.15, -0.1) is 0 Å². The van der Waals surface area contributed by atoms with Crippen molar-refractivity contribution < 1.29 is 14.3 Å². The number of benzene rings is 2. The largest absolute Gasteiger partial charge is 0.492 e. The number of aryl methyl sites for hydroxylation is 1. The molecule has 0 aliphatic heterocycles. The lowest BCUT2D eigenvalue weighted by Gasteiger charge is -2.11. The van der Waals surface area contributed by atoms with Gasteiger partial charge >= 0.3 is 0 Å². The average molecular weight is 419 g/mol. The SMILES string of the molecule is Cc1ccc(C(=O)NNC(=O)c2ccc(OCCC(C)C)c(Br)c2)cc1. The number of amides is 2. The number of rotatable bonds is 6. The molecule has 2 aromatic carbocycles. The van der Waals surface area contributed by atoms with E-state index in [1.807, 2.05) is 19.1 Å². The molecule has 0 aromatic heterocycles. The molecule has 0 aliphatic carbocycles. The highest BCUT2D eigenvalue weighted by molar-refractivity contribution is 9.10. The predicted molar refractivity (Wildman–Crippen MR) is 105 cm³/mol. The Kier molecular flexibility index (Phi) is 7.21. The number of carbonyl (C=O) groups is 2. The van der Waals surface area contributed by atoms with Crippen LogP contribution in [0, 0.1) is 12.8 Å². The fourth-order valence-electron chi connectivity index (χ4n) is 2.13. The summed E-state index contributed by atoms with van der Waals surface area (Å²) in [7, 11) is 0. The van der Waals surface area contributed by atoms with Crippen LogP contribution in [0.4, 0.5) is 0 Å². The number of hydrogen-bond donors (Lipinski definition) is 2. The Morgan fingerprint density at radius 2 is 1.58 bits per heavy atom. The lowest BCUT2D eigenvalue weighted by molar-refractivity contribution is 0.0846. The zero-order chi connectivity index (χ0) is 19.1. The zero-order valence-corrected chi connectivity index (χ0v) is 16.7. The van der Waals surface area contributed by atoms with Gasteiger partial charge in [-0.25, -0.2) is 0 Å². The van der Waals surface area contributed by atoms with Gasteiger partial charge in [0, 0.05) is 11.1 Å². The molecule has 2 N–H and O–H groups in total. The van der Waals surface area contributed by atoms with Gasteiger partial charge in [0.25, 0.3) is 11.8 Å². The van der Waals surface area contributed by atoms with E-state index in [-0.39, 0.29) is 5.91 Å². The molecule has 0 saturated heterocycles. The van der Waals surface area contributed by atoms with Gasteiger partial charge in [0.05, 0.1) is 11.1 Å². The first-order valence-electron chi connectivity index (χ1n) is 8.46. The van der Waals surface area contributed by atoms with E-state index >= 15 is 0 Å². The quantitative estimate of drug-likeness (QED) is 0.688. The van der Waals surface area contributed by atoms with Crippen molar-refractivity contribution in [1.29, 1.82) is 0 Å². The number of hydrogen-bond acceptors (Lipinski definition) is 3. The molecule has 0 aliphatic rings.